The molecule has 1 rings (SSSR count). The van der Waals surface area contributed by atoms with Crippen LogP contribution in [-0.4, -0.2) is 18.0 Å². The number of hydrogen-bond donors (Lipinski definition) is 2. The fraction of sp³-hybridized carbons (Fsp3) is 0.750. The molecule has 1 unspecified atom stereocenters. The Morgan fingerprint density at radius 3 is 2.80 bits per heavy atom. The number of aliphatic imine (C=N–C) groups is 1. The summed E-state index contributed by atoms with van der Waals surface area (Å²) in [5.74, 6) is 3.20. The Kier molecular flexibility index (Phi) is 5.03. The molecular weight excluding hydrogens is 186 g/mol. The van der Waals surface area contributed by atoms with E-state index in [0.717, 1.165) is 6.42 Å². The summed E-state index contributed by atoms with van der Waals surface area (Å²) >= 11 is 0. The predicted octanol–water partition coefficient (Wildman–Crippen LogP) is 1.64. The van der Waals surface area contributed by atoms with E-state index in [9.17, 15) is 0 Å². The van der Waals surface area contributed by atoms with Crippen molar-refractivity contribution in [2.24, 2.45) is 10.7 Å². The van der Waals surface area contributed by atoms with Crippen LogP contribution in [0.25, 0.3) is 0 Å². The molecule has 0 amide bonds. The number of guanidine groups is 1. The van der Waals surface area contributed by atoms with Crippen molar-refractivity contribution >= 4 is 5.96 Å². The van der Waals surface area contributed by atoms with Crippen molar-refractivity contribution in [3.05, 3.63) is 0 Å². The Balaban J connectivity index is 2.38. The Morgan fingerprint density at radius 1 is 1.60 bits per heavy atom. The maximum Gasteiger partial charge on any atom is 0.189 e. The number of rotatable bonds is 4. The van der Waals surface area contributed by atoms with Gasteiger partial charge in [0.1, 0.15) is 0 Å². The van der Waals surface area contributed by atoms with Gasteiger partial charge in [-0.05, 0) is 19.3 Å². The normalized spacial score (nSPS) is 19.9. The number of nitrogens with one attached hydrogen (secondary N) is 1. The summed E-state index contributed by atoms with van der Waals surface area (Å²) in [7, 11) is 0. The minimum absolute atomic E-state index is 0.264. The molecule has 0 aromatic heterocycles. The summed E-state index contributed by atoms with van der Waals surface area (Å²) in [6.45, 7) is 2.10. The molecule has 3 heteroatoms. The highest BCUT2D eigenvalue weighted by Crippen LogP contribution is 2.20. The smallest absolute Gasteiger partial charge is 0.189 e. The van der Waals surface area contributed by atoms with E-state index < -0.39 is 0 Å². The molecule has 1 atom stereocenters. The van der Waals surface area contributed by atoms with Gasteiger partial charge in [-0.3, -0.25) is 4.99 Å². The van der Waals surface area contributed by atoms with E-state index in [1.807, 2.05) is 0 Å². The molecule has 0 bridgehead atoms. The summed E-state index contributed by atoms with van der Waals surface area (Å²) < 4.78 is 0. The zero-order valence-electron chi connectivity index (χ0n) is 9.50. The largest absolute Gasteiger partial charge is 0.370 e. The minimum Gasteiger partial charge on any atom is -0.370 e. The predicted molar refractivity (Wildman–Crippen MR) is 64.5 cm³/mol. The van der Waals surface area contributed by atoms with Crippen LogP contribution in [0.5, 0.6) is 0 Å². The van der Waals surface area contributed by atoms with Gasteiger partial charge in [0, 0.05) is 12.5 Å². The number of hydrogen-bond acceptors (Lipinski definition) is 1. The third kappa shape index (κ3) is 4.24. The van der Waals surface area contributed by atoms with Gasteiger partial charge in [0.15, 0.2) is 5.96 Å². The van der Waals surface area contributed by atoms with Crippen molar-refractivity contribution in [3.8, 4) is 12.3 Å². The Bertz CT molecular complexity index is 246. The van der Waals surface area contributed by atoms with E-state index in [1.165, 1.54) is 25.7 Å². The summed E-state index contributed by atoms with van der Waals surface area (Å²) in [6, 6.07) is 0.695. The molecule has 1 aliphatic carbocycles. The minimum atomic E-state index is 0.264. The molecule has 3 N–H and O–H groups in total. The van der Waals surface area contributed by atoms with Crippen LogP contribution in [0.4, 0.5) is 0 Å². The molecule has 84 valence electrons. The number of terminal acetylenes is 1. The fourth-order valence-electron chi connectivity index (χ4n) is 1.92. The van der Waals surface area contributed by atoms with E-state index in [4.69, 9.17) is 12.2 Å². The lowest BCUT2D eigenvalue weighted by Crippen LogP contribution is -2.40. The van der Waals surface area contributed by atoms with Crippen LogP contribution in [-0.2, 0) is 0 Å². The van der Waals surface area contributed by atoms with E-state index in [-0.39, 0.29) is 6.04 Å². The molecule has 1 fully saturated rings. The van der Waals surface area contributed by atoms with Gasteiger partial charge < -0.3 is 11.1 Å². The van der Waals surface area contributed by atoms with Crippen molar-refractivity contribution in [3.63, 3.8) is 0 Å². The van der Waals surface area contributed by atoms with Crippen molar-refractivity contribution < 1.29 is 0 Å². The lowest BCUT2D eigenvalue weighted by molar-refractivity contribution is 0.592. The molecule has 0 saturated heterocycles. The molecule has 3 nitrogen and oxygen atoms in total. The molecule has 0 spiro atoms. The Hall–Kier alpha value is -1.17. The molecule has 1 aliphatic rings. The summed E-state index contributed by atoms with van der Waals surface area (Å²) in [4.78, 5) is 4.46. The first kappa shape index (κ1) is 11.9. The molecule has 0 aromatic rings. The van der Waals surface area contributed by atoms with Gasteiger partial charge in [-0.2, -0.15) is 0 Å². The van der Waals surface area contributed by atoms with Gasteiger partial charge in [-0.25, -0.2) is 0 Å². The highest BCUT2D eigenvalue weighted by molar-refractivity contribution is 5.78. The van der Waals surface area contributed by atoms with E-state index in [1.54, 1.807) is 0 Å². The first-order chi connectivity index (χ1) is 7.26. The van der Waals surface area contributed by atoms with Crippen molar-refractivity contribution in [1.82, 2.24) is 5.32 Å². The molecule has 0 radical (unpaired) electrons. The van der Waals surface area contributed by atoms with Crippen molar-refractivity contribution in [2.75, 3.05) is 0 Å². The van der Waals surface area contributed by atoms with Gasteiger partial charge in [0.25, 0.3) is 0 Å². The molecule has 1 saturated carbocycles. The molecule has 15 heavy (non-hydrogen) atoms. The average molecular weight is 207 g/mol. The van der Waals surface area contributed by atoms with Gasteiger partial charge in [0.2, 0.25) is 0 Å². The lowest BCUT2D eigenvalue weighted by Gasteiger charge is -2.15. The maximum absolute atomic E-state index is 5.83. The van der Waals surface area contributed by atoms with Crippen LogP contribution in [0.2, 0.25) is 0 Å². The number of nitrogens with zero attached hydrogens (tertiary/aromatic N) is 1. The van der Waals surface area contributed by atoms with Gasteiger partial charge in [0.05, 0.1) is 6.04 Å². The van der Waals surface area contributed by atoms with Gasteiger partial charge in [-0.1, -0.05) is 19.8 Å². The third-order valence-electron chi connectivity index (χ3n) is 2.86. The zero-order chi connectivity index (χ0) is 11.1. The topological polar surface area (TPSA) is 50.4 Å². The maximum atomic E-state index is 5.83. The second kappa shape index (κ2) is 6.34. The zero-order valence-corrected chi connectivity index (χ0v) is 9.50. The SMILES string of the molecule is C#CCC(CC)NC(N)=NC1CCCC1. The van der Waals surface area contributed by atoms with Crippen LogP contribution in [0.1, 0.15) is 45.4 Å². The molecule has 0 aliphatic heterocycles. The van der Waals surface area contributed by atoms with Gasteiger partial charge in [-0.15, -0.1) is 12.3 Å². The monoisotopic (exact) mass is 207 g/mol. The van der Waals surface area contributed by atoms with Crippen LogP contribution in [0.15, 0.2) is 4.99 Å². The molecule has 0 aromatic carbocycles. The van der Waals surface area contributed by atoms with E-state index in [2.05, 4.69) is 23.2 Å². The summed E-state index contributed by atoms with van der Waals surface area (Å²) in [6.07, 6.45) is 11.9. The van der Waals surface area contributed by atoms with Crippen LogP contribution >= 0.6 is 0 Å². The molecule has 0 heterocycles. The average Bonchev–Trinajstić information content (AvgIpc) is 2.69. The van der Waals surface area contributed by atoms with Crippen LogP contribution in [0.3, 0.4) is 0 Å². The second-order valence-electron chi connectivity index (χ2n) is 4.11. The Morgan fingerprint density at radius 2 is 2.27 bits per heavy atom. The summed E-state index contributed by atoms with van der Waals surface area (Å²) in [5, 5.41) is 3.18. The molecular formula is C12H21N3. The summed E-state index contributed by atoms with van der Waals surface area (Å²) in [5.41, 5.74) is 5.83. The van der Waals surface area contributed by atoms with E-state index in [0.29, 0.717) is 18.4 Å². The third-order valence-corrected chi connectivity index (χ3v) is 2.86. The Labute approximate surface area is 92.5 Å². The first-order valence-electron chi connectivity index (χ1n) is 5.79. The van der Waals surface area contributed by atoms with E-state index >= 15 is 0 Å². The second-order valence-corrected chi connectivity index (χ2v) is 4.11. The van der Waals surface area contributed by atoms with Gasteiger partial charge >= 0.3 is 0 Å². The van der Waals surface area contributed by atoms with Crippen molar-refractivity contribution in [2.45, 2.75) is 57.5 Å². The number of nitrogens with two attached hydrogens (primary N) is 1. The lowest BCUT2D eigenvalue weighted by atomic mass is 10.1. The first-order valence-corrected chi connectivity index (χ1v) is 5.79. The van der Waals surface area contributed by atoms with Crippen molar-refractivity contribution in [1.29, 1.82) is 0 Å². The fourth-order valence-corrected chi connectivity index (χ4v) is 1.92. The highest BCUT2D eigenvalue weighted by atomic mass is 15.1. The highest BCUT2D eigenvalue weighted by Gasteiger charge is 2.14. The van der Waals surface area contributed by atoms with Crippen LogP contribution in [0, 0.1) is 12.3 Å². The van der Waals surface area contributed by atoms with Crippen LogP contribution < -0.4 is 11.1 Å². The quantitative estimate of drug-likeness (QED) is 0.418. The standard InChI is InChI=1S/C12H21N3/c1-3-7-10(4-2)14-12(13)15-11-8-5-6-9-11/h1,10-11H,4-9H2,2H3,(H3,13,14,15).